The molecule has 0 aromatic rings. The Labute approximate surface area is 53.3 Å². The average Bonchev–Trinajstić information content (AvgIpc) is 2.49. The zero-order chi connectivity index (χ0) is 6.91. The number of hydrogen-bond acceptors (Lipinski definition) is 4. The standard InChI is InChI=1S/C5H10O4/c1-3-7-5(4(2)6)8-9-5/h4,6H,3H2,1-2H3. The van der Waals surface area contributed by atoms with Gasteiger partial charge >= 0.3 is 5.97 Å². The fourth-order valence-electron chi connectivity index (χ4n) is 0.550. The smallest absolute Gasteiger partial charge is 0.365 e. The normalized spacial score (nSPS) is 25.7. The van der Waals surface area contributed by atoms with E-state index in [1.165, 1.54) is 0 Å². The molecule has 1 heterocycles. The monoisotopic (exact) mass is 134 g/mol. The molecule has 9 heavy (non-hydrogen) atoms. The van der Waals surface area contributed by atoms with E-state index in [-0.39, 0.29) is 0 Å². The van der Waals surface area contributed by atoms with Crippen molar-refractivity contribution in [3.63, 3.8) is 0 Å². The predicted molar refractivity (Wildman–Crippen MR) is 28.2 cm³/mol. The van der Waals surface area contributed by atoms with Crippen molar-refractivity contribution in [1.29, 1.82) is 0 Å². The summed E-state index contributed by atoms with van der Waals surface area (Å²) < 4.78 is 4.91. The molecule has 4 heteroatoms. The van der Waals surface area contributed by atoms with Crippen LogP contribution in [0, 0.1) is 0 Å². The van der Waals surface area contributed by atoms with Crippen LogP contribution in [0.25, 0.3) is 0 Å². The number of hydrogen-bond donors (Lipinski definition) is 1. The quantitative estimate of drug-likeness (QED) is 0.436. The lowest BCUT2D eigenvalue weighted by Crippen LogP contribution is -2.29. The van der Waals surface area contributed by atoms with Crippen molar-refractivity contribution >= 4 is 0 Å². The Hall–Kier alpha value is -0.160. The van der Waals surface area contributed by atoms with Gasteiger partial charge in [0.2, 0.25) is 0 Å². The van der Waals surface area contributed by atoms with Crippen LogP contribution in [-0.4, -0.2) is 23.8 Å². The van der Waals surface area contributed by atoms with E-state index < -0.39 is 12.1 Å². The maximum absolute atomic E-state index is 8.90. The van der Waals surface area contributed by atoms with Crippen molar-refractivity contribution in [2.45, 2.75) is 25.9 Å². The molecule has 1 unspecified atom stereocenters. The van der Waals surface area contributed by atoms with Crippen LogP contribution in [0.2, 0.25) is 0 Å². The van der Waals surface area contributed by atoms with Gasteiger partial charge in [0, 0.05) is 6.61 Å². The highest BCUT2D eigenvalue weighted by molar-refractivity contribution is 4.67. The van der Waals surface area contributed by atoms with Gasteiger partial charge in [-0.15, -0.1) is 0 Å². The van der Waals surface area contributed by atoms with Crippen molar-refractivity contribution in [3.8, 4) is 0 Å². The van der Waals surface area contributed by atoms with Crippen LogP contribution < -0.4 is 0 Å². The predicted octanol–water partition coefficient (Wildman–Crippen LogP) is 0.0193. The Morgan fingerprint density at radius 1 is 1.67 bits per heavy atom. The summed E-state index contributed by atoms with van der Waals surface area (Å²) in [4.78, 5) is 8.85. The fourth-order valence-corrected chi connectivity index (χ4v) is 0.550. The SMILES string of the molecule is CCOC1(C(C)O)OO1. The lowest BCUT2D eigenvalue weighted by atomic mass is 10.4. The van der Waals surface area contributed by atoms with Gasteiger partial charge in [-0.3, -0.25) is 0 Å². The largest absolute Gasteiger partial charge is 0.385 e. The summed E-state index contributed by atoms with van der Waals surface area (Å²) >= 11 is 0. The second kappa shape index (κ2) is 2.22. The van der Waals surface area contributed by atoms with Crippen LogP contribution in [0.15, 0.2) is 0 Å². The van der Waals surface area contributed by atoms with Gasteiger partial charge in [-0.1, -0.05) is 0 Å². The maximum atomic E-state index is 8.90. The summed E-state index contributed by atoms with van der Waals surface area (Å²) in [6.07, 6.45) is -0.738. The van der Waals surface area contributed by atoms with Crippen LogP contribution in [0.5, 0.6) is 0 Å². The first-order chi connectivity index (χ1) is 4.21. The summed E-state index contributed by atoms with van der Waals surface area (Å²) in [6, 6.07) is 0. The van der Waals surface area contributed by atoms with Gasteiger partial charge in [-0.05, 0) is 13.8 Å². The van der Waals surface area contributed by atoms with Gasteiger partial charge in [0.25, 0.3) is 0 Å². The zero-order valence-corrected chi connectivity index (χ0v) is 5.46. The molecule has 1 aliphatic rings. The van der Waals surface area contributed by atoms with Gasteiger partial charge in [0.15, 0.2) is 0 Å². The molecule has 0 aromatic carbocycles. The third-order valence-corrected chi connectivity index (χ3v) is 1.10. The molecule has 1 atom stereocenters. The number of aliphatic hydroxyl groups is 1. The van der Waals surface area contributed by atoms with E-state index in [1.54, 1.807) is 13.8 Å². The number of aliphatic hydroxyl groups excluding tert-OH is 1. The Balaban J connectivity index is 2.33. The van der Waals surface area contributed by atoms with Crippen molar-refractivity contribution in [3.05, 3.63) is 0 Å². The second-order valence-corrected chi connectivity index (χ2v) is 1.88. The highest BCUT2D eigenvalue weighted by atomic mass is 17.5. The van der Waals surface area contributed by atoms with E-state index in [0.717, 1.165) is 0 Å². The van der Waals surface area contributed by atoms with E-state index in [4.69, 9.17) is 9.84 Å². The Morgan fingerprint density at radius 3 is 2.33 bits per heavy atom. The molecule has 1 saturated heterocycles. The van der Waals surface area contributed by atoms with Crippen molar-refractivity contribution in [2.75, 3.05) is 6.61 Å². The fraction of sp³-hybridized carbons (Fsp3) is 1.00. The minimum atomic E-state index is -1.14. The van der Waals surface area contributed by atoms with Gasteiger partial charge in [-0.2, -0.15) is 9.78 Å². The minimum Gasteiger partial charge on any atom is -0.385 e. The van der Waals surface area contributed by atoms with Crippen LogP contribution >= 0.6 is 0 Å². The summed E-state index contributed by atoms with van der Waals surface area (Å²) in [5, 5.41) is 8.90. The molecule has 0 spiro atoms. The van der Waals surface area contributed by atoms with E-state index in [2.05, 4.69) is 9.78 Å². The maximum Gasteiger partial charge on any atom is 0.365 e. The third-order valence-electron chi connectivity index (χ3n) is 1.10. The Bertz CT molecular complexity index is 97.1. The topological polar surface area (TPSA) is 54.5 Å². The Kier molecular flexibility index (Phi) is 1.72. The molecule has 1 N–H and O–H groups in total. The van der Waals surface area contributed by atoms with Crippen LogP contribution in [0.3, 0.4) is 0 Å². The molecule has 0 radical (unpaired) electrons. The Morgan fingerprint density at radius 2 is 2.22 bits per heavy atom. The molecule has 0 bridgehead atoms. The second-order valence-electron chi connectivity index (χ2n) is 1.88. The summed E-state index contributed by atoms with van der Waals surface area (Å²) in [6.45, 7) is 3.81. The van der Waals surface area contributed by atoms with E-state index in [9.17, 15) is 0 Å². The van der Waals surface area contributed by atoms with Crippen LogP contribution in [0.1, 0.15) is 13.8 Å². The van der Waals surface area contributed by atoms with Gasteiger partial charge in [0.1, 0.15) is 6.10 Å². The molecule has 1 fully saturated rings. The number of ether oxygens (including phenoxy) is 1. The van der Waals surface area contributed by atoms with Crippen molar-refractivity contribution in [2.24, 2.45) is 0 Å². The van der Waals surface area contributed by atoms with Gasteiger partial charge in [-0.25, -0.2) is 0 Å². The molecule has 1 aliphatic heterocycles. The zero-order valence-electron chi connectivity index (χ0n) is 5.46. The summed E-state index contributed by atoms with van der Waals surface area (Å²) in [5.74, 6) is -1.14. The molecular weight excluding hydrogens is 124 g/mol. The highest BCUT2D eigenvalue weighted by Gasteiger charge is 2.55. The lowest BCUT2D eigenvalue weighted by Gasteiger charge is -2.08. The molecule has 0 amide bonds. The van der Waals surface area contributed by atoms with Crippen molar-refractivity contribution in [1.82, 2.24) is 0 Å². The molecule has 4 nitrogen and oxygen atoms in total. The van der Waals surface area contributed by atoms with Crippen LogP contribution in [-0.2, 0) is 14.5 Å². The average molecular weight is 134 g/mol. The third kappa shape index (κ3) is 1.21. The highest BCUT2D eigenvalue weighted by Crippen LogP contribution is 2.34. The van der Waals surface area contributed by atoms with E-state index in [1.807, 2.05) is 0 Å². The molecule has 54 valence electrons. The number of rotatable bonds is 3. The molecular formula is C5H10O4. The first-order valence-corrected chi connectivity index (χ1v) is 2.90. The van der Waals surface area contributed by atoms with E-state index in [0.29, 0.717) is 6.61 Å². The molecule has 0 aliphatic carbocycles. The first kappa shape index (κ1) is 6.95. The molecule has 1 rings (SSSR count). The van der Waals surface area contributed by atoms with Crippen LogP contribution in [0.4, 0.5) is 0 Å². The van der Waals surface area contributed by atoms with Gasteiger partial charge < -0.3 is 9.84 Å². The molecule has 0 aromatic heterocycles. The minimum absolute atomic E-state index is 0.463. The van der Waals surface area contributed by atoms with Crippen molar-refractivity contribution < 1.29 is 19.6 Å². The first-order valence-electron chi connectivity index (χ1n) is 2.90. The van der Waals surface area contributed by atoms with E-state index >= 15 is 0 Å². The van der Waals surface area contributed by atoms with Gasteiger partial charge in [0.05, 0.1) is 0 Å². The lowest BCUT2D eigenvalue weighted by molar-refractivity contribution is -0.121. The summed E-state index contributed by atoms with van der Waals surface area (Å²) in [7, 11) is 0. The molecule has 0 saturated carbocycles. The summed E-state index contributed by atoms with van der Waals surface area (Å²) in [5.41, 5.74) is 0.